The topological polar surface area (TPSA) is 88.6 Å². The molecule has 0 spiro atoms. The molecule has 2 aromatic rings. The van der Waals surface area contributed by atoms with Gasteiger partial charge >= 0.3 is 0 Å². The number of hydrogen-bond acceptors (Lipinski definition) is 5. The van der Waals surface area contributed by atoms with Gasteiger partial charge in [-0.1, -0.05) is 5.16 Å². The zero-order valence-electron chi connectivity index (χ0n) is 11.7. The quantitative estimate of drug-likeness (QED) is 0.908. The average Bonchev–Trinajstić information content (AvgIpc) is 3.17. The molecule has 0 bridgehead atoms. The first-order valence-corrected chi connectivity index (χ1v) is 8.22. The smallest absolute Gasteiger partial charge is 0.280 e. The summed E-state index contributed by atoms with van der Waals surface area (Å²) in [6, 6.07) is 5.03. The standard InChI is InChI=1S/C13H17N3O4S/c1-10-8-11(20-15-10)9-14-21(17,18)16-6-2-4-12(16)13-5-3-7-19-13/h3,5,7-8,12,14H,2,4,6,9H2,1H3. The van der Waals surface area contributed by atoms with Gasteiger partial charge < -0.3 is 8.94 Å². The van der Waals surface area contributed by atoms with Crippen molar-refractivity contribution in [2.24, 2.45) is 0 Å². The van der Waals surface area contributed by atoms with E-state index < -0.39 is 10.2 Å². The average molecular weight is 311 g/mol. The van der Waals surface area contributed by atoms with Crippen LogP contribution in [0.5, 0.6) is 0 Å². The molecular formula is C13H17N3O4S. The van der Waals surface area contributed by atoms with Crippen molar-refractivity contribution in [1.82, 2.24) is 14.2 Å². The Labute approximate surface area is 123 Å². The highest BCUT2D eigenvalue weighted by atomic mass is 32.2. The highest BCUT2D eigenvalue weighted by Crippen LogP contribution is 2.33. The molecule has 1 unspecified atom stereocenters. The highest BCUT2D eigenvalue weighted by molar-refractivity contribution is 7.87. The van der Waals surface area contributed by atoms with Crippen LogP contribution in [-0.4, -0.2) is 24.4 Å². The Bertz CT molecular complexity index is 693. The van der Waals surface area contributed by atoms with Crippen molar-refractivity contribution >= 4 is 10.2 Å². The minimum Gasteiger partial charge on any atom is -0.468 e. The maximum absolute atomic E-state index is 12.4. The van der Waals surface area contributed by atoms with Crippen LogP contribution in [0.1, 0.15) is 36.1 Å². The summed E-state index contributed by atoms with van der Waals surface area (Å²) in [5, 5.41) is 3.73. The van der Waals surface area contributed by atoms with Crippen LogP contribution in [0.25, 0.3) is 0 Å². The molecule has 21 heavy (non-hydrogen) atoms. The maximum Gasteiger partial charge on any atom is 0.280 e. The van der Waals surface area contributed by atoms with Gasteiger partial charge in [0.25, 0.3) is 10.2 Å². The number of furan rings is 1. The molecule has 0 radical (unpaired) electrons. The van der Waals surface area contributed by atoms with Gasteiger partial charge in [0, 0.05) is 12.6 Å². The molecule has 2 aromatic heterocycles. The van der Waals surface area contributed by atoms with Crippen molar-refractivity contribution in [2.75, 3.05) is 6.54 Å². The Hall–Kier alpha value is -1.64. The predicted molar refractivity (Wildman–Crippen MR) is 74.4 cm³/mol. The maximum atomic E-state index is 12.4. The van der Waals surface area contributed by atoms with Gasteiger partial charge in [0.15, 0.2) is 5.76 Å². The summed E-state index contributed by atoms with van der Waals surface area (Å²) in [7, 11) is -3.59. The molecule has 0 aliphatic carbocycles. The van der Waals surface area contributed by atoms with Gasteiger partial charge in [-0.3, -0.25) is 0 Å². The second kappa shape index (κ2) is 5.63. The molecule has 0 amide bonds. The van der Waals surface area contributed by atoms with Gasteiger partial charge in [0.2, 0.25) is 0 Å². The molecule has 0 aromatic carbocycles. The molecule has 1 fully saturated rings. The van der Waals surface area contributed by atoms with Crippen LogP contribution in [0.3, 0.4) is 0 Å². The summed E-state index contributed by atoms with van der Waals surface area (Å²) in [5.41, 5.74) is 0.721. The predicted octanol–water partition coefficient (Wildman–Crippen LogP) is 1.75. The van der Waals surface area contributed by atoms with Gasteiger partial charge in [0.05, 0.1) is 24.5 Å². The lowest BCUT2D eigenvalue weighted by atomic mass is 10.2. The first-order chi connectivity index (χ1) is 10.1. The van der Waals surface area contributed by atoms with E-state index in [-0.39, 0.29) is 12.6 Å². The van der Waals surface area contributed by atoms with E-state index in [0.717, 1.165) is 18.5 Å². The third-order valence-corrected chi connectivity index (χ3v) is 5.05. The summed E-state index contributed by atoms with van der Waals surface area (Å²) in [5.74, 6) is 1.17. The van der Waals surface area contributed by atoms with Crippen molar-refractivity contribution in [3.63, 3.8) is 0 Å². The van der Waals surface area contributed by atoms with E-state index in [1.165, 1.54) is 4.31 Å². The second-order valence-corrected chi connectivity index (χ2v) is 6.75. The van der Waals surface area contributed by atoms with E-state index in [1.807, 2.05) is 0 Å². The van der Waals surface area contributed by atoms with Gasteiger partial charge in [-0.2, -0.15) is 17.4 Å². The van der Waals surface area contributed by atoms with E-state index in [1.54, 1.807) is 31.4 Å². The highest BCUT2D eigenvalue weighted by Gasteiger charge is 2.36. The molecule has 1 atom stereocenters. The summed E-state index contributed by atoms with van der Waals surface area (Å²) in [6.45, 7) is 2.36. The van der Waals surface area contributed by atoms with Crippen LogP contribution in [-0.2, 0) is 16.8 Å². The van der Waals surface area contributed by atoms with E-state index >= 15 is 0 Å². The Morgan fingerprint density at radius 2 is 2.38 bits per heavy atom. The number of nitrogens with zero attached hydrogens (tertiary/aromatic N) is 2. The molecule has 1 aliphatic heterocycles. The SMILES string of the molecule is Cc1cc(CNS(=O)(=O)N2CCCC2c2ccco2)on1. The zero-order valence-corrected chi connectivity index (χ0v) is 12.5. The minimum absolute atomic E-state index is 0.0878. The molecule has 114 valence electrons. The number of nitrogens with one attached hydrogen (secondary N) is 1. The Morgan fingerprint density at radius 1 is 1.52 bits per heavy atom. The zero-order chi connectivity index (χ0) is 14.9. The van der Waals surface area contributed by atoms with Crippen molar-refractivity contribution < 1.29 is 17.4 Å². The van der Waals surface area contributed by atoms with Crippen LogP contribution >= 0.6 is 0 Å². The third kappa shape index (κ3) is 3.02. The first kappa shape index (κ1) is 14.3. The monoisotopic (exact) mass is 311 g/mol. The fourth-order valence-electron chi connectivity index (χ4n) is 2.54. The molecule has 3 heterocycles. The second-order valence-electron chi connectivity index (χ2n) is 5.04. The molecular weight excluding hydrogens is 294 g/mol. The van der Waals surface area contributed by atoms with E-state index in [4.69, 9.17) is 8.94 Å². The van der Waals surface area contributed by atoms with Crippen molar-refractivity contribution in [3.8, 4) is 0 Å². The lowest BCUT2D eigenvalue weighted by Gasteiger charge is -2.22. The van der Waals surface area contributed by atoms with E-state index in [9.17, 15) is 8.42 Å². The Balaban J connectivity index is 1.71. The normalized spacial score (nSPS) is 20.1. The number of aromatic nitrogens is 1. The molecule has 7 nitrogen and oxygen atoms in total. The van der Waals surface area contributed by atoms with Crippen molar-refractivity contribution in [3.05, 3.63) is 41.7 Å². The van der Waals surface area contributed by atoms with Crippen LogP contribution in [0.4, 0.5) is 0 Å². The number of aryl methyl sites for hydroxylation is 1. The van der Waals surface area contributed by atoms with Crippen LogP contribution in [0.15, 0.2) is 33.4 Å². The molecule has 1 N–H and O–H groups in total. The van der Waals surface area contributed by atoms with Gasteiger partial charge in [-0.15, -0.1) is 0 Å². The lowest BCUT2D eigenvalue weighted by Crippen LogP contribution is -2.39. The number of hydrogen-bond donors (Lipinski definition) is 1. The minimum atomic E-state index is -3.59. The van der Waals surface area contributed by atoms with Gasteiger partial charge in [-0.25, -0.2) is 0 Å². The van der Waals surface area contributed by atoms with E-state index in [0.29, 0.717) is 18.1 Å². The number of rotatable bonds is 5. The van der Waals surface area contributed by atoms with Crippen molar-refractivity contribution in [2.45, 2.75) is 32.4 Å². The van der Waals surface area contributed by atoms with Gasteiger partial charge in [-0.05, 0) is 31.9 Å². The summed E-state index contributed by atoms with van der Waals surface area (Å²) in [6.07, 6.45) is 3.13. The summed E-state index contributed by atoms with van der Waals surface area (Å²) < 4.78 is 39.2. The third-order valence-electron chi connectivity index (χ3n) is 3.49. The molecule has 1 saturated heterocycles. The fourth-order valence-corrected chi connectivity index (χ4v) is 3.94. The molecule has 1 aliphatic rings. The molecule has 0 saturated carbocycles. The summed E-state index contributed by atoms with van der Waals surface area (Å²) in [4.78, 5) is 0. The van der Waals surface area contributed by atoms with Gasteiger partial charge in [0.1, 0.15) is 5.76 Å². The van der Waals surface area contributed by atoms with Crippen LogP contribution < -0.4 is 4.72 Å². The van der Waals surface area contributed by atoms with E-state index in [2.05, 4.69) is 9.88 Å². The molecule has 3 rings (SSSR count). The first-order valence-electron chi connectivity index (χ1n) is 6.78. The van der Waals surface area contributed by atoms with Crippen LogP contribution in [0, 0.1) is 6.92 Å². The largest absolute Gasteiger partial charge is 0.468 e. The van der Waals surface area contributed by atoms with Crippen LogP contribution in [0.2, 0.25) is 0 Å². The molecule has 8 heteroatoms. The fraction of sp³-hybridized carbons (Fsp3) is 0.462. The summed E-state index contributed by atoms with van der Waals surface area (Å²) >= 11 is 0. The Morgan fingerprint density at radius 3 is 3.05 bits per heavy atom. The Kier molecular flexibility index (Phi) is 3.83. The van der Waals surface area contributed by atoms with Crippen molar-refractivity contribution in [1.29, 1.82) is 0 Å². The lowest BCUT2D eigenvalue weighted by molar-refractivity contribution is 0.332.